The summed E-state index contributed by atoms with van der Waals surface area (Å²) in [5, 5.41) is 0. The largest absolute Gasteiger partial charge is 0.583 e. The van der Waals surface area contributed by atoms with Crippen LogP contribution >= 0.6 is 0 Å². The average molecular weight is 248 g/mol. The molecule has 0 radical (unpaired) electrons. The molecule has 1 aromatic heterocycles. The molecule has 1 aromatic rings. The van der Waals surface area contributed by atoms with Crippen LogP contribution in [0.3, 0.4) is 0 Å². The second-order valence-corrected chi connectivity index (χ2v) is 3.03. The number of imidazole rings is 1. The summed E-state index contributed by atoms with van der Waals surface area (Å²) in [5.41, 5.74) is 0. The van der Waals surface area contributed by atoms with E-state index in [2.05, 4.69) is 24.0 Å². The predicted molar refractivity (Wildman–Crippen MR) is 46.4 cm³/mol. The normalized spacial score (nSPS) is 12.0. The highest BCUT2D eigenvalue weighted by atomic mass is 19.4. The third kappa shape index (κ3) is 5.08. The van der Waals surface area contributed by atoms with Crippen molar-refractivity contribution in [2.24, 2.45) is 7.05 Å². The molecule has 0 fully saturated rings. The van der Waals surface area contributed by atoms with E-state index in [-0.39, 0.29) is 0 Å². The van der Waals surface area contributed by atoms with Crippen LogP contribution in [0.25, 0.3) is 0 Å². The second-order valence-electron chi connectivity index (χ2n) is 3.03. The highest BCUT2D eigenvalue weighted by molar-refractivity contribution is 6.60. The molecule has 0 aliphatic heterocycles. The van der Waals surface area contributed by atoms with Crippen LogP contribution in [0.1, 0.15) is 6.92 Å². The van der Waals surface area contributed by atoms with Crippen LogP contribution in [0.5, 0.6) is 0 Å². The van der Waals surface area contributed by atoms with Gasteiger partial charge in [0.15, 0.2) is 0 Å². The van der Waals surface area contributed by atoms with Gasteiger partial charge in [-0.3, -0.25) is 0 Å². The van der Waals surface area contributed by atoms with E-state index in [1.165, 1.54) is 0 Å². The van der Waals surface area contributed by atoms with Crippen LogP contribution in [0, 0.1) is 0 Å². The van der Waals surface area contributed by atoms with Gasteiger partial charge in [0.1, 0.15) is 12.4 Å². The Morgan fingerprint density at radius 3 is 1.81 bits per heavy atom. The molecule has 0 atom stereocenters. The molecule has 94 valence electrons. The Bertz CT molecular complexity index is 303. The highest BCUT2D eigenvalue weighted by Crippen LogP contribution is 2.31. The summed E-state index contributed by atoms with van der Waals surface area (Å²) in [5.74, 6) is 0. The van der Waals surface area contributed by atoms with Crippen molar-refractivity contribution >= 4 is 6.98 Å². The molecule has 0 spiro atoms. The SMILES string of the molecule is CC[n+]1ccn(C)c1.F[B-](F)(F)C(F)(F)F. The molecule has 0 saturated carbocycles. The Labute approximate surface area is 88.5 Å². The molecule has 9 heteroatoms. The van der Waals surface area contributed by atoms with E-state index in [1.807, 2.05) is 17.8 Å². The van der Waals surface area contributed by atoms with Gasteiger partial charge in [-0.1, -0.05) is 0 Å². The van der Waals surface area contributed by atoms with Gasteiger partial charge in [-0.15, -0.1) is 0 Å². The summed E-state index contributed by atoms with van der Waals surface area (Å²) in [6, 6.07) is 0. The molecule has 0 unspecified atom stereocenters. The Morgan fingerprint density at radius 1 is 1.25 bits per heavy atom. The fourth-order valence-electron chi connectivity index (χ4n) is 0.689. The summed E-state index contributed by atoms with van der Waals surface area (Å²) in [6.07, 6.45) is 0.142. The van der Waals surface area contributed by atoms with Crippen LogP contribution in [0.4, 0.5) is 26.1 Å². The van der Waals surface area contributed by atoms with Crippen molar-refractivity contribution in [3.05, 3.63) is 18.7 Å². The quantitative estimate of drug-likeness (QED) is 0.409. The number of rotatable bonds is 1. The molecule has 0 aromatic carbocycles. The predicted octanol–water partition coefficient (Wildman–Crippen LogP) is 2.27. The highest BCUT2D eigenvalue weighted by Gasteiger charge is 2.53. The number of aryl methyl sites for hydroxylation is 2. The van der Waals surface area contributed by atoms with E-state index in [9.17, 15) is 26.1 Å². The number of alkyl halides is 3. The third-order valence-electron chi connectivity index (χ3n) is 1.56. The molecule has 1 rings (SSSR count). The summed E-state index contributed by atoms with van der Waals surface area (Å²) >= 11 is 0. The lowest BCUT2D eigenvalue weighted by Crippen LogP contribution is -2.37. The van der Waals surface area contributed by atoms with E-state index in [1.54, 1.807) is 0 Å². The first kappa shape index (κ1) is 14.9. The van der Waals surface area contributed by atoms with Gasteiger partial charge in [0, 0.05) is 0 Å². The minimum Gasteiger partial charge on any atom is -0.443 e. The van der Waals surface area contributed by atoms with Crippen molar-refractivity contribution in [2.75, 3.05) is 0 Å². The van der Waals surface area contributed by atoms with Crippen molar-refractivity contribution in [3.63, 3.8) is 0 Å². The zero-order chi connectivity index (χ0) is 13.0. The topological polar surface area (TPSA) is 8.81 Å². The lowest BCUT2D eigenvalue weighted by molar-refractivity contribution is -0.693. The molecule has 1 heterocycles. The van der Waals surface area contributed by atoms with Gasteiger partial charge in [0.05, 0.1) is 13.6 Å². The summed E-state index contributed by atoms with van der Waals surface area (Å²) < 4.78 is 67.1. The molecular formula is C7H11BF6N2. The maximum Gasteiger partial charge on any atom is 0.583 e. The van der Waals surface area contributed by atoms with Gasteiger partial charge < -0.3 is 12.9 Å². The molecule has 16 heavy (non-hydrogen) atoms. The van der Waals surface area contributed by atoms with E-state index in [0.29, 0.717) is 0 Å². The first-order valence-electron chi connectivity index (χ1n) is 4.35. The summed E-state index contributed by atoms with van der Waals surface area (Å²) in [7, 11) is 2.02. The summed E-state index contributed by atoms with van der Waals surface area (Å²) in [4.78, 5) is 0. The molecule has 2 nitrogen and oxygen atoms in total. The van der Waals surface area contributed by atoms with Crippen molar-refractivity contribution < 1.29 is 30.7 Å². The molecule has 0 saturated heterocycles. The Kier molecular flexibility index (Phi) is 4.89. The monoisotopic (exact) mass is 248 g/mol. The molecule has 0 aliphatic carbocycles. The van der Waals surface area contributed by atoms with Gasteiger partial charge in [-0.25, -0.2) is 22.3 Å². The first-order chi connectivity index (χ1) is 7.08. The zero-order valence-corrected chi connectivity index (χ0v) is 8.68. The van der Waals surface area contributed by atoms with E-state index >= 15 is 0 Å². The van der Waals surface area contributed by atoms with E-state index in [4.69, 9.17) is 0 Å². The maximum atomic E-state index is 10.5. The fourth-order valence-corrected chi connectivity index (χ4v) is 0.689. The molecule has 0 aliphatic rings. The molecule has 0 N–H and O–H groups in total. The second kappa shape index (κ2) is 5.26. The van der Waals surface area contributed by atoms with Crippen LogP contribution in [0.2, 0.25) is 0 Å². The lowest BCUT2D eigenvalue weighted by atomic mass is 9.92. The fraction of sp³-hybridized carbons (Fsp3) is 0.571. The Hall–Kier alpha value is -1.15. The molecule has 0 amide bonds. The lowest BCUT2D eigenvalue weighted by Gasteiger charge is -2.16. The number of halogens is 6. The zero-order valence-electron chi connectivity index (χ0n) is 8.68. The first-order valence-corrected chi connectivity index (χ1v) is 4.35. The van der Waals surface area contributed by atoms with Crippen molar-refractivity contribution in [1.29, 1.82) is 0 Å². The number of hydrogen-bond acceptors (Lipinski definition) is 0. The van der Waals surface area contributed by atoms with Gasteiger partial charge in [0.25, 0.3) is 0 Å². The van der Waals surface area contributed by atoms with Crippen molar-refractivity contribution in [1.82, 2.24) is 4.57 Å². The van der Waals surface area contributed by atoms with Crippen LogP contribution in [-0.2, 0) is 13.6 Å². The van der Waals surface area contributed by atoms with Gasteiger partial charge >= 0.3 is 13.1 Å². The smallest absolute Gasteiger partial charge is 0.443 e. The Balaban J connectivity index is 0.000000281. The van der Waals surface area contributed by atoms with Crippen molar-refractivity contribution in [3.8, 4) is 0 Å². The number of nitrogens with zero attached hydrogens (tertiary/aromatic N) is 2. The van der Waals surface area contributed by atoms with Crippen LogP contribution in [-0.4, -0.2) is 17.6 Å². The third-order valence-corrected chi connectivity index (χ3v) is 1.56. The molecule has 0 bridgehead atoms. The van der Waals surface area contributed by atoms with E-state index in [0.717, 1.165) is 6.54 Å². The minimum absolute atomic E-state index is 1.06. The van der Waals surface area contributed by atoms with Crippen molar-refractivity contribution in [2.45, 2.75) is 19.5 Å². The van der Waals surface area contributed by atoms with Gasteiger partial charge in [0.2, 0.25) is 6.33 Å². The van der Waals surface area contributed by atoms with Crippen LogP contribution in [0.15, 0.2) is 18.7 Å². The minimum atomic E-state index is -6.65. The number of hydrogen-bond donors (Lipinski definition) is 0. The standard InChI is InChI=1S/C6H11N2.CBF6/c1-3-8-5-4-7(2)6-8;3-1(4,5)2(6,7)8/h4-6H,3H2,1-2H3;/q+1;-1. The van der Waals surface area contributed by atoms with Gasteiger partial charge in [-0.2, -0.15) is 0 Å². The Morgan fingerprint density at radius 2 is 1.69 bits per heavy atom. The molecular weight excluding hydrogens is 237 g/mol. The maximum absolute atomic E-state index is 10.5. The van der Waals surface area contributed by atoms with Gasteiger partial charge in [-0.05, 0) is 6.92 Å². The summed E-state index contributed by atoms with van der Waals surface area (Å²) in [6.45, 7) is -3.46. The average Bonchev–Trinajstić information content (AvgIpc) is 2.48. The number of aromatic nitrogens is 2. The van der Waals surface area contributed by atoms with E-state index < -0.39 is 13.1 Å². The van der Waals surface area contributed by atoms with Crippen LogP contribution < -0.4 is 4.57 Å².